The normalized spacial score (nSPS) is 14.1. The Morgan fingerprint density at radius 2 is 1.77 bits per heavy atom. The molecule has 2 heterocycles. The van der Waals surface area contributed by atoms with Crippen LogP contribution in [-0.2, 0) is 22.5 Å². The highest BCUT2D eigenvalue weighted by Crippen LogP contribution is 2.30. The maximum atomic E-state index is 12.5. The number of phenolic OH excluding ortho intramolecular Hbond substituents is 1. The zero-order valence-corrected chi connectivity index (χ0v) is 17.4. The number of aromatic hydroxyl groups is 1. The number of benzene rings is 2. The van der Waals surface area contributed by atoms with Gasteiger partial charge >= 0.3 is 0 Å². The van der Waals surface area contributed by atoms with Crippen LogP contribution in [0.1, 0.15) is 5.56 Å². The van der Waals surface area contributed by atoms with Gasteiger partial charge in [-0.15, -0.1) is 10.2 Å². The molecule has 0 radical (unpaired) electrons. The molecule has 1 aliphatic heterocycles. The fraction of sp³-hybridized carbons (Fsp3) is 0.318. The molecule has 1 fully saturated rings. The molecule has 4 rings (SSSR count). The van der Waals surface area contributed by atoms with Crippen molar-refractivity contribution in [3.05, 3.63) is 60.2 Å². The Hall–Kier alpha value is -2.84. The Balaban J connectivity index is 1.54. The minimum Gasteiger partial charge on any atom is -0.507 e. The van der Waals surface area contributed by atoms with Crippen LogP contribution < -0.4 is 0 Å². The van der Waals surface area contributed by atoms with Crippen molar-refractivity contribution in [1.82, 2.24) is 19.7 Å². The number of morpholine rings is 1. The first-order valence-electron chi connectivity index (χ1n) is 9.96. The van der Waals surface area contributed by atoms with Crippen LogP contribution in [0.4, 0.5) is 0 Å². The SMILES string of the molecule is O=C(CSc1nnc(-c2ccccc2O)n1CCc1ccccc1)N1CCOCC1. The summed E-state index contributed by atoms with van der Waals surface area (Å²) < 4.78 is 7.30. The number of phenols is 1. The van der Waals surface area contributed by atoms with Crippen molar-refractivity contribution in [3.63, 3.8) is 0 Å². The lowest BCUT2D eigenvalue weighted by atomic mass is 10.1. The van der Waals surface area contributed by atoms with Gasteiger partial charge in [-0.25, -0.2) is 0 Å². The number of para-hydroxylation sites is 1. The summed E-state index contributed by atoms with van der Waals surface area (Å²) in [6, 6.07) is 17.3. The summed E-state index contributed by atoms with van der Waals surface area (Å²) in [5.41, 5.74) is 1.83. The number of carbonyl (C=O) groups excluding carboxylic acids is 1. The summed E-state index contributed by atoms with van der Waals surface area (Å²) >= 11 is 1.38. The van der Waals surface area contributed by atoms with E-state index in [-0.39, 0.29) is 11.7 Å². The molecule has 0 atom stereocenters. The summed E-state index contributed by atoms with van der Waals surface area (Å²) in [6.45, 7) is 3.07. The van der Waals surface area contributed by atoms with Gasteiger partial charge in [-0.3, -0.25) is 4.79 Å². The molecule has 30 heavy (non-hydrogen) atoms. The van der Waals surface area contributed by atoms with Crippen molar-refractivity contribution in [2.24, 2.45) is 0 Å². The molecule has 0 unspecified atom stereocenters. The number of aryl methyl sites for hydroxylation is 1. The standard InChI is InChI=1S/C22H24N4O3S/c27-19-9-5-4-8-18(19)21-23-24-22(26(21)11-10-17-6-2-1-3-7-17)30-16-20(28)25-12-14-29-15-13-25/h1-9,27H,10-16H2. The van der Waals surface area contributed by atoms with Crippen LogP contribution in [0.15, 0.2) is 59.8 Å². The van der Waals surface area contributed by atoms with E-state index >= 15 is 0 Å². The number of amides is 1. The largest absolute Gasteiger partial charge is 0.507 e. The second kappa shape index (κ2) is 9.77. The quantitative estimate of drug-likeness (QED) is 0.588. The number of aromatic nitrogens is 3. The molecule has 8 heteroatoms. The molecule has 0 aliphatic carbocycles. The van der Waals surface area contributed by atoms with Crippen LogP contribution in [0, 0.1) is 0 Å². The Bertz CT molecular complexity index is 987. The van der Waals surface area contributed by atoms with E-state index in [2.05, 4.69) is 22.3 Å². The molecular weight excluding hydrogens is 400 g/mol. The van der Waals surface area contributed by atoms with Crippen molar-refractivity contribution >= 4 is 17.7 Å². The zero-order valence-electron chi connectivity index (χ0n) is 16.6. The number of carbonyl (C=O) groups is 1. The molecule has 2 aromatic carbocycles. The lowest BCUT2D eigenvalue weighted by Crippen LogP contribution is -2.41. The number of hydrogen-bond acceptors (Lipinski definition) is 6. The average Bonchev–Trinajstić information content (AvgIpc) is 3.20. The van der Waals surface area contributed by atoms with Gasteiger partial charge in [-0.2, -0.15) is 0 Å². The Kier molecular flexibility index (Phi) is 6.66. The lowest BCUT2D eigenvalue weighted by molar-refractivity contribution is -0.132. The van der Waals surface area contributed by atoms with Gasteiger partial charge in [0.05, 0.1) is 24.5 Å². The highest BCUT2D eigenvalue weighted by Gasteiger charge is 2.21. The molecule has 1 aliphatic rings. The van der Waals surface area contributed by atoms with E-state index in [9.17, 15) is 9.90 Å². The smallest absolute Gasteiger partial charge is 0.233 e. The van der Waals surface area contributed by atoms with Crippen LogP contribution in [0.2, 0.25) is 0 Å². The molecule has 1 saturated heterocycles. The first-order chi connectivity index (χ1) is 14.7. The van der Waals surface area contributed by atoms with Crippen molar-refractivity contribution in [1.29, 1.82) is 0 Å². The van der Waals surface area contributed by atoms with Crippen LogP contribution in [-0.4, -0.2) is 62.7 Å². The van der Waals surface area contributed by atoms with Crippen LogP contribution in [0.3, 0.4) is 0 Å². The minimum absolute atomic E-state index is 0.0741. The summed E-state index contributed by atoms with van der Waals surface area (Å²) in [6.07, 6.45) is 0.796. The van der Waals surface area contributed by atoms with Gasteiger partial charge in [0, 0.05) is 19.6 Å². The third-order valence-electron chi connectivity index (χ3n) is 5.02. The number of nitrogens with zero attached hydrogens (tertiary/aromatic N) is 4. The van der Waals surface area contributed by atoms with Crippen LogP contribution in [0.25, 0.3) is 11.4 Å². The first kappa shape index (κ1) is 20.4. The Morgan fingerprint density at radius 3 is 2.53 bits per heavy atom. The highest BCUT2D eigenvalue weighted by molar-refractivity contribution is 7.99. The number of rotatable bonds is 7. The number of hydrogen-bond donors (Lipinski definition) is 1. The van der Waals surface area contributed by atoms with Crippen molar-refractivity contribution in [2.75, 3.05) is 32.1 Å². The molecule has 0 saturated carbocycles. The van der Waals surface area contributed by atoms with E-state index in [1.54, 1.807) is 12.1 Å². The lowest BCUT2D eigenvalue weighted by Gasteiger charge is -2.26. The molecule has 7 nitrogen and oxygen atoms in total. The zero-order chi connectivity index (χ0) is 20.8. The molecule has 3 aromatic rings. The van der Waals surface area contributed by atoms with Crippen LogP contribution in [0.5, 0.6) is 5.75 Å². The molecule has 1 amide bonds. The first-order valence-corrected chi connectivity index (χ1v) is 10.9. The molecular formula is C22H24N4O3S. The topological polar surface area (TPSA) is 80.5 Å². The summed E-state index contributed by atoms with van der Waals surface area (Å²) in [7, 11) is 0. The van der Waals surface area contributed by atoms with Gasteiger partial charge in [0.25, 0.3) is 0 Å². The fourth-order valence-corrected chi connectivity index (χ4v) is 4.24. The average molecular weight is 425 g/mol. The van der Waals surface area contributed by atoms with Gasteiger partial charge in [0.15, 0.2) is 11.0 Å². The van der Waals surface area contributed by atoms with Gasteiger partial charge < -0.3 is 19.3 Å². The summed E-state index contributed by atoms with van der Waals surface area (Å²) in [4.78, 5) is 14.4. The minimum atomic E-state index is 0.0741. The second-order valence-corrected chi connectivity index (χ2v) is 7.93. The number of ether oxygens (including phenoxy) is 1. The van der Waals surface area contributed by atoms with E-state index in [4.69, 9.17) is 4.74 Å². The van der Waals surface area contributed by atoms with Gasteiger partial charge in [-0.1, -0.05) is 54.2 Å². The molecule has 0 bridgehead atoms. The van der Waals surface area contributed by atoms with Crippen molar-refractivity contribution < 1.29 is 14.6 Å². The monoisotopic (exact) mass is 424 g/mol. The highest BCUT2D eigenvalue weighted by atomic mass is 32.2. The van der Waals surface area contributed by atoms with E-state index in [0.717, 1.165) is 6.42 Å². The van der Waals surface area contributed by atoms with E-state index in [1.807, 2.05) is 39.8 Å². The summed E-state index contributed by atoms with van der Waals surface area (Å²) in [5, 5.41) is 19.7. The second-order valence-electron chi connectivity index (χ2n) is 6.99. The predicted molar refractivity (Wildman–Crippen MR) is 115 cm³/mol. The molecule has 156 valence electrons. The van der Waals surface area contributed by atoms with Gasteiger partial charge in [0.2, 0.25) is 5.91 Å². The summed E-state index contributed by atoms with van der Waals surface area (Å²) in [5.74, 6) is 1.13. The van der Waals surface area contributed by atoms with E-state index in [1.165, 1.54) is 17.3 Å². The van der Waals surface area contributed by atoms with Gasteiger partial charge in [-0.05, 0) is 24.1 Å². The number of thioether (sulfide) groups is 1. The third kappa shape index (κ3) is 4.83. The Morgan fingerprint density at radius 1 is 1.03 bits per heavy atom. The Labute approximate surface area is 179 Å². The van der Waals surface area contributed by atoms with Gasteiger partial charge in [0.1, 0.15) is 5.75 Å². The predicted octanol–water partition coefficient (Wildman–Crippen LogP) is 2.84. The third-order valence-corrected chi connectivity index (χ3v) is 5.97. The van der Waals surface area contributed by atoms with Crippen molar-refractivity contribution in [3.8, 4) is 17.1 Å². The van der Waals surface area contributed by atoms with Crippen molar-refractivity contribution in [2.45, 2.75) is 18.1 Å². The fourth-order valence-electron chi connectivity index (χ4n) is 3.37. The molecule has 1 aromatic heterocycles. The van der Waals surface area contributed by atoms with E-state index in [0.29, 0.717) is 55.1 Å². The molecule has 0 spiro atoms. The van der Waals surface area contributed by atoms with E-state index < -0.39 is 0 Å². The maximum absolute atomic E-state index is 12.5. The maximum Gasteiger partial charge on any atom is 0.233 e. The molecule has 1 N–H and O–H groups in total. The van der Waals surface area contributed by atoms with Crippen LogP contribution >= 0.6 is 11.8 Å².